The number of carbonyl (C=O) groups is 2. The molecule has 0 radical (unpaired) electrons. The van der Waals surface area contributed by atoms with Crippen LogP contribution < -0.4 is 5.32 Å². The first-order valence-electron chi connectivity index (χ1n) is 9.08. The molecule has 1 aromatic rings. The number of urea groups is 1. The third-order valence-electron chi connectivity index (χ3n) is 5.33. The van der Waals surface area contributed by atoms with Gasteiger partial charge in [-0.2, -0.15) is 0 Å². The third kappa shape index (κ3) is 3.70. The van der Waals surface area contributed by atoms with Crippen LogP contribution in [0.4, 0.5) is 10.5 Å². The van der Waals surface area contributed by atoms with Crippen LogP contribution in [0.3, 0.4) is 0 Å². The van der Waals surface area contributed by atoms with Crippen molar-refractivity contribution in [2.45, 2.75) is 44.6 Å². The molecule has 25 heavy (non-hydrogen) atoms. The number of anilines is 1. The third-order valence-corrected chi connectivity index (χ3v) is 5.33. The Kier molecular flexibility index (Phi) is 5.11. The van der Waals surface area contributed by atoms with Crippen LogP contribution in [-0.2, 0) is 4.79 Å². The molecule has 3 rings (SSSR count). The summed E-state index contributed by atoms with van der Waals surface area (Å²) >= 11 is 0. The van der Waals surface area contributed by atoms with E-state index in [-0.39, 0.29) is 17.5 Å². The van der Waals surface area contributed by atoms with Gasteiger partial charge in [0.1, 0.15) is 0 Å². The minimum absolute atomic E-state index is 0.0822. The molecule has 3 amide bonds. The second kappa shape index (κ2) is 7.30. The number of piperidine rings is 2. The van der Waals surface area contributed by atoms with Crippen molar-refractivity contribution in [2.75, 3.05) is 25.0 Å². The largest absolute Gasteiger partial charge is 0.332 e. The Hall–Kier alpha value is -2.30. The van der Waals surface area contributed by atoms with Gasteiger partial charge in [-0.25, -0.2) is 4.79 Å². The number of hydrogen-bond acceptors (Lipinski definition) is 2. The van der Waals surface area contributed by atoms with E-state index < -0.39 is 0 Å². The maximum absolute atomic E-state index is 12.7. The molecule has 5 nitrogen and oxygen atoms in total. The van der Waals surface area contributed by atoms with Crippen LogP contribution in [-0.4, -0.2) is 46.9 Å². The summed E-state index contributed by atoms with van der Waals surface area (Å²) in [6.45, 7) is 7.70. The summed E-state index contributed by atoms with van der Waals surface area (Å²) in [5.74, 6) is 0.187. The molecule has 2 heterocycles. The second-order valence-electron chi connectivity index (χ2n) is 7.20. The van der Waals surface area contributed by atoms with Gasteiger partial charge in [0.2, 0.25) is 5.91 Å². The molecule has 2 fully saturated rings. The minimum Gasteiger partial charge on any atom is -0.332 e. The van der Waals surface area contributed by atoms with Crippen molar-refractivity contribution in [1.82, 2.24) is 9.80 Å². The predicted molar refractivity (Wildman–Crippen MR) is 99.5 cm³/mol. The van der Waals surface area contributed by atoms with E-state index in [0.29, 0.717) is 19.5 Å². The lowest BCUT2D eigenvalue weighted by molar-refractivity contribution is -0.143. The first-order chi connectivity index (χ1) is 12.0. The van der Waals surface area contributed by atoms with Crippen molar-refractivity contribution in [3.05, 3.63) is 42.5 Å². The molecule has 2 aliphatic rings. The number of amides is 3. The molecule has 0 aromatic heterocycles. The highest BCUT2D eigenvalue weighted by Gasteiger charge is 2.45. The van der Waals surface area contributed by atoms with Gasteiger partial charge in [0, 0.05) is 31.7 Å². The molecule has 134 valence electrons. The lowest BCUT2D eigenvalue weighted by Gasteiger charge is -2.51. The van der Waals surface area contributed by atoms with Gasteiger partial charge in [-0.1, -0.05) is 18.2 Å². The summed E-state index contributed by atoms with van der Waals surface area (Å²) in [4.78, 5) is 29.0. The topological polar surface area (TPSA) is 52.7 Å². The zero-order valence-corrected chi connectivity index (χ0v) is 15.0. The van der Waals surface area contributed by atoms with E-state index in [1.165, 1.54) is 0 Å². The number of carbonyl (C=O) groups excluding carboxylic acids is 2. The Morgan fingerprint density at radius 3 is 2.92 bits per heavy atom. The highest BCUT2D eigenvalue weighted by Crippen LogP contribution is 2.36. The lowest BCUT2D eigenvalue weighted by Crippen LogP contribution is -2.63. The number of likely N-dealkylation sites (tertiary alicyclic amines) is 2. The predicted octanol–water partition coefficient (Wildman–Crippen LogP) is 3.56. The Bertz CT molecular complexity index is 669. The average molecular weight is 341 g/mol. The van der Waals surface area contributed by atoms with E-state index in [0.717, 1.165) is 43.5 Å². The Morgan fingerprint density at radius 2 is 2.16 bits per heavy atom. The lowest BCUT2D eigenvalue weighted by atomic mass is 9.79. The summed E-state index contributed by atoms with van der Waals surface area (Å²) in [7, 11) is 0. The first-order valence-corrected chi connectivity index (χ1v) is 9.08. The van der Waals surface area contributed by atoms with Crippen LogP contribution in [0.2, 0.25) is 0 Å². The number of nitrogens with one attached hydrogen (secondary N) is 1. The number of aryl methyl sites for hydroxylation is 1. The first kappa shape index (κ1) is 17.5. The maximum atomic E-state index is 12.7. The summed E-state index contributed by atoms with van der Waals surface area (Å²) in [5.41, 5.74) is 1.70. The Labute approximate surface area is 149 Å². The van der Waals surface area contributed by atoms with Gasteiger partial charge in [-0.3, -0.25) is 4.79 Å². The van der Waals surface area contributed by atoms with E-state index in [4.69, 9.17) is 0 Å². The Balaban J connectivity index is 1.74. The molecule has 2 saturated heterocycles. The van der Waals surface area contributed by atoms with E-state index in [1.54, 1.807) is 6.08 Å². The van der Waals surface area contributed by atoms with Gasteiger partial charge < -0.3 is 15.1 Å². The second-order valence-corrected chi connectivity index (χ2v) is 7.20. The van der Waals surface area contributed by atoms with Gasteiger partial charge in [0.05, 0.1) is 5.54 Å². The number of benzene rings is 1. The van der Waals surface area contributed by atoms with Crippen LogP contribution >= 0.6 is 0 Å². The zero-order chi connectivity index (χ0) is 17.9. The molecule has 1 aromatic carbocycles. The quantitative estimate of drug-likeness (QED) is 0.855. The van der Waals surface area contributed by atoms with E-state index in [2.05, 4.69) is 11.9 Å². The molecular weight excluding hydrogens is 314 g/mol. The van der Waals surface area contributed by atoms with Crippen LogP contribution in [0.15, 0.2) is 36.9 Å². The van der Waals surface area contributed by atoms with E-state index in [1.807, 2.05) is 41.0 Å². The van der Waals surface area contributed by atoms with Gasteiger partial charge >= 0.3 is 6.03 Å². The number of nitrogens with zero attached hydrogens (tertiary/aromatic N) is 2. The highest BCUT2D eigenvalue weighted by atomic mass is 16.2. The molecule has 5 heteroatoms. The fraction of sp³-hybridized carbons (Fsp3) is 0.500. The zero-order valence-electron chi connectivity index (χ0n) is 15.0. The fourth-order valence-corrected chi connectivity index (χ4v) is 4.16. The monoisotopic (exact) mass is 341 g/mol. The van der Waals surface area contributed by atoms with Gasteiger partial charge in [0.25, 0.3) is 0 Å². The average Bonchev–Trinajstić information content (AvgIpc) is 2.59. The van der Waals surface area contributed by atoms with Crippen LogP contribution in [0.1, 0.15) is 37.7 Å². The molecule has 1 spiro atoms. The fourth-order valence-electron chi connectivity index (χ4n) is 4.16. The summed E-state index contributed by atoms with van der Waals surface area (Å²) in [5, 5.41) is 3.00. The van der Waals surface area contributed by atoms with Crippen LogP contribution in [0.25, 0.3) is 0 Å². The molecule has 1 N–H and O–H groups in total. The maximum Gasteiger partial charge on any atom is 0.321 e. The van der Waals surface area contributed by atoms with Crippen molar-refractivity contribution in [3.63, 3.8) is 0 Å². The summed E-state index contributed by atoms with van der Waals surface area (Å²) < 4.78 is 0. The van der Waals surface area contributed by atoms with Gasteiger partial charge in [-0.05, 0) is 50.3 Å². The smallest absolute Gasteiger partial charge is 0.321 e. The van der Waals surface area contributed by atoms with Crippen molar-refractivity contribution < 1.29 is 9.59 Å². The van der Waals surface area contributed by atoms with E-state index >= 15 is 0 Å². The van der Waals surface area contributed by atoms with Crippen molar-refractivity contribution in [3.8, 4) is 0 Å². The minimum atomic E-state index is -0.230. The molecule has 2 aliphatic heterocycles. The van der Waals surface area contributed by atoms with E-state index in [9.17, 15) is 9.59 Å². The molecular formula is C20H27N3O2. The highest BCUT2D eigenvalue weighted by molar-refractivity contribution is 5.89. The van der Waals surface area contributed by atoms with Crippen molar-refractivity contribution >= 4 is 17.6 Å². The SMILES string of the molecule is C=CCN1C(=O)CCC[C@@]12CCCN(C(=O)Nc1cccc(C)c1)C2. The molecule has 0 unspecified atom stereocenters. The van der Waals surface area contributed by atoms with Gasteiger partial charge in [-0.15, -0.1) is 6.58 Å². The standard InChI is InChI=1S/C20H27N3O2/c1-3-12-23-18(24)9-5-10-20(23)11-6-13-22(15-20)19(25)21-17-8-4-7-16(2)14-17/h3-4,7-8,14H,1,5-6,9-13,15H2,2H3,(H,21,25)/t20-/m0/s1. The molecule has 1 atom stereocenters. The van der Waals surface area contributed by atoms with Crippen LogP contribution in [0, 0.1) is 6.92 Å². The van der Waals surface area contributed by atoms with Crippen molar-refractivity contribution in [2.24, 2.45) is 0 Å². The van der Waals surface area contributed by atoms with Crippen LogP contribution in [0.5, 0.6) is 0 Å². The summed E-state index contributed by atoms with van der Waals surface area (Å²) in [6, 6.07) is 7.73. The molecule has 0 aliphatic carbocycles. The summed E-state index contributed by atoms with van der Waals surface area (Å²) in [6.07, 6.45) is 6.13. The normalized spacial score (nSPS) is 23.6. The number of rotatable bonds is 3. The van der Waals surface area contributed by atoms with Gasteiger partial charge in [0.15, 0.2) is 0 Å². The number of hydrogen-bond donors (Lipinski definition) is 1. The molecule has 0 bridgehead atoms. The Morgan fingerprint density at radius 1 is 1.36 bits per heavy atom. The molecule has 0 saturated carbocycles. The van der Waals surface area contributed by atoms with Crippen molar-refractivity contribution in [1.29, 1.82) is 0 Å².